The van der Waals surface area contributed by atoms with Crippen LogP contribution in [0.3, 0.4) is 0 Å². The number of hydrogen-bond acceptors (Lipinski definition) is 5. The van der Waals surface area contributed by atoms with Crippen LogP contribution in [0.4, 0.5) is 0 Å². The number of aromatic nitrogens is 2. The summed E-state index contributed by atoms with van der Waals surface area (Å²) in [6, 6.07) is 8.75. The van der Waals surface area contributed by atoms with Gasteiger partial charge in [0.25, 0.3) is 0 Å². The van der Waals surface area contributed by atoms with E-state index in [1.165, 1.54) is 12.0 Å². The third-order valence-corrected chi connectivity index (χ3v) is 4.34. The highest BCUT2D eigenvalue weighted by molar-refractivity contribution is 5.29. The Bertz CT molecular complexity index is 643. The van der Waals surface area contributed by atoms with E-state index in [4.69, 9.17) is 9.26 Å². The molecule has 1 aromatic heterocycles. The zero-order chi connectivity index (χ0) is 16.4. The van der Waals surface area contributed by atoms with Crippen LogP contribution in [0.2, 0.25) is 0 Å². The van der Waals surface area contributed by atoms with Gasteiger partial charge in [-0.1, -0.05) is 38.1 Å². The Labute approximate surface area is 137 Å². The van der Waals surface area contributed by atoms with Gasteiger partial charge in [-0.15, -0.1) is 0 Å². The van der Waals surface area contributed by atoms with Crippen LogP contribution in [0.15, 0.2) is 28.8 Å². The van der Waals surface area contributed by atoms with Gasteiger partial charge in [0, 0.05) is 11.5 Å². The third-order valence-electron chi connectivity index (χ3n) is 4.34. The van der Waals surface area contributed by atoms with Crippen molar-refractivity contribution in [2.75, 3.05) is 13.7 Å². The molecule has 3 rings (SSSR count). The Morgan fingerprint density at radius 1 is 1.26 bits per heavy atom. The number of ether oxygens (including phenoxy) is 1. The molecule has 1 aliphatic rings. The van der Waals surface area contributed by atoms with Crippen LogP contribution < -0.4 is 4.74 Å². The maximum absolute atomic E-state index is 5.45. The van der Waals surface area contributed by atoms with Gasteiger partial charge in [-0.2, -0.15) is 4.98 Å². The number of benzene rings is 1. The molecule has 0 saturated carbocycles. The van der Waals surface area contributed by atoms with Crippen molar-refractivity contribution in [1.82, 2.24) is 15.0 Å². The molecule has 5 nitrogen and oxygen atoms in total. The Morgan fingerprint density at radius 2 is 2.00 bits per heavy atom. The van der Waals surface area contributed by atoms with E-state index in [1.54, 1.807) is 7.11 Å². The lowest BCUT2D eigenvalue weighted by molar-refractivity contribution is 0.212. The van der Waals surface area contributed by atoms with Crippen molar-refractivity contribution >= 4 is 0 Å². The first kappa shape index (κ1) is 16.0. The number of methoxy groups -OCH3 is 1. The summed E-state index contributed by atoms with van der Waals surface area (Å²) in [4.78, 5) is 6.98. The van der Waals surface area contributed by atoms with Crippen LogP contribution in [0.25, 0.3) is 0 Å². The molecule has 124 valence electrons. The van der Waals surface area contributed by atoms with Crippen LogP contribution in [-0.2, 0) is 12.0 Å². The molecule has 0 bridgehead atoms. The minimum atomic E-state index is -0.0812. The molecule has 0 aliphatic carbocycles. The van der Waals surface area contributed by atoms with Crippen LogP contribution in [0.1, 0.15) is 56.9 Å². The van der Waals surface area contributed by atoms with Crippen molar-refractivity contribution in [3.8, 4) is 5.75 Å². The molecule has 1 aromatic carbocycles. The van der Waals surface area contributed by atoms with Crippen LogP contribution in [-0.4, -0.2) is 28.7 Å². The number of rotatable bonds is 4. The van der Waals surface area contributed by atoms with Gasteiger partial charge in [-0.3, -0.25) is 4.90 Å². The van der Waals surface area contributed by atoms with Gasteiger partial charge in [0.1, 0.15) is 5.75 Å². The summed E-state index contributed by atoms with van der Waals surface area (Å²) in [5, 5.41) is 4.12. The van der Waals surface area contributed by atoms with Gasteiger partial charge in [-0.05, 0) is 37.1 Å². The highest BCUT2D eigenvalue weighted by atomic mass is 16.5. The summed E-state index contributed by atoms with van der Waals surface area (Å²) in [6.07, 6.45) is 2.35. The minimum absolute atomic E-state index is 0.0812. The summed E-state index contributed by atoms with van der Waals surface area (Å²) >= 11 is 0. The highest BCUT2D eigenvalue weighted by Gasteiger charge is 2.28. The normalized spacial score (nSPS) is 19.2. The molecule has 0 radical (unpaired) electrons. The third kappa shape index (κ3) is 3.55. The molecule has 0 amide bonds. The second kappa shape index (κ2) is 6.32. The zero-order valence-corrected chi connectivity index (χ0v) is 14.4. The van der Waals surface area contributed by atoms with Crippen LogP contribution in [0, 0.1) is 0 Å². The highest BCUT2D eigenvalue weighted by Crippen LogP contribution is 2.33. The molecule has 0 N–H and O–H groups in total. The van der Waals surface area contributed by atoms with E-state index in [-0.39, 0.29) is 5.41 Å². The second-order valence-electron chi connectivity index (χ2n) is 7.16. The SMILES string of the molecule is COc1ccc(C2CCCN2Cc2nc(C(C)(C)C)no2)cc1. The van der Waals surface area contributed by atoms with E-state index >= 15 is 0 Å². The Balaban J connectivity index is 1.72. The molecular formula is C18H25N3O2. The predicted molar refractivity (Wildman–Crippen MR) is 88.4 cm³/mol. The molecule has 1 fully saturated rings. The molecule has 1 atom stereocenters. The number of nitrogens with zero attached hydrogens (tertiary/aromatic N) is 3. The topological polar surface area (TPSA) is 51.4 Å². The minimum Gasteiger partial charge on any atom is -0.497 e. The summed E-state index contributed by atoms with van der Waals surface area (Å²) in [6.45, 7) is 8.05. The van der Waals surface area contributed by atoms with Crippen molar-refractivity contribution in [3.63, 3.8) is 0 Å². The molecule has 23 heavy (non-hydrogen) atoms. The van der Waals surface area contributed by atoms with Gasteiger partial charge < -0.3 is 9.26 Å². The van der Waals surface area contributed by atoms with Crippen molar-refractivity contribution < 1.29 is 9.26 Å². The average Bonchev–Trinajstić information content (AvgIpc) is 3.17. The Kier molecular flexibility index (Phi) is 4.39. The largest absolute Gasteiger partial charge is 0.497 e. The second-order valence-corrected chi connectivity index (χ2v) is 7.16. The maximum Gasteiger partial charge on any atom is 0.240 e. The first-order valence-corrected chi connectivity index (χ1v) is 8.18. The molecule has 1 aliphatic heterocycles. The quantitative estimate of drug-likeness (QED) is 0.861. The van der Waals surface area contributed by atoms with Crippen LogP contribution in [0.5, 0.6) is 5.75 Å². The molecule has 1 saturated heterocycles. The van der Waals surface area contributed by atoms with Crippen molar-refractivity contribution in [1.29, 1.82) is 0 Å². The monoisotopic (exact) mass is 315 g/mol. The first-order valence-electron chi connectivity index (χ1n) is 8.18. The van der Waals surface area contributed by atoms with E-state index in [0.29, 0.717) is 18.5 Å². The molecule has 0 spiro atoms. The summed E-state index contributed by atoms with van der Waals surface area (Å²) in [5.41, 5.74) is 1.24. The summed E-state index contributed by atoms with van der Waals surface area (Å²) in [7, 11) is 1.69. The molecule has 2 heterocycles. The first-order chi connectivity index (χ1) is 11.0. The van der Waals surface area contributed by atoms with E-state index in [2.05, 4.69) is 47.9 Å². The maximum atomic E-state index is 5.45. The molecule has 5 heteroatoms. The van der Waals surface area contributed by atoms with Crippen molar-refractivity contribution in [2.45, 2.75) is 51.6 Å². The van der Waals surface area contributed by atoms with Gasteiger partial charge in [0.2, 0.25) is 5.89 Å². The van der Waals surface area contributed by atoms with Gasteiger partial charge >= 0.3 is 0 Å². The molecule has 2 aromatic rings. The summed E-state index contributed by atoms with van der Waals surface area (Å²) < 4.78 is 10.7. The summed E-state index contributed by atoms with van der Waals surface area (Å²) in [5.74, 6) is 2.37. The number of likely N-dealkylation sites (tertiary alicyclic amines) is 1. The van der Waals surface area contributed by atoms with Gasteiger partial charge in [0.15, 0.2) is 5.82 Å². The average molecular weight is 315 g/mol. The van der Waals surface area contributed by atoms with E-state index < -0.39 is 0 Å². The van der Waals surface area contributed by atoms with Crippen molar-refractivity contribution in [2.24, 2.45) is 0 Å². The Morgan fingerprint density at radius 3 is 2.61 bits per heavy atom. The van der Waals surface area contributed by atoms with E-state index in [9.17, 15) is 0 Å². The fourth-order valence-electron chi connectivity index (χ4n) is 3.02. The molecular weight excluding hydrogens is 290 g/mol. The lowest BCUT2D eigenvalue weighted by atomic mass is 9.96. The van der Waals surface area contributed by atoms with Gasteiger partial charge in [0.05, 0.1) is 13.7 Å². The standard InChI is InChI=1S/C18H25N3O2/c1-18(2,3)17-19-16(23-20-17)12-21-11-5-6-15(21)13-7-9-14(22-4)10-8-13/h7-10,15H,5-6,11-12H2,1-4H3. The van der Waals surface area contributed by atoms with E-state index in [0.717, 1.165) is 24.5 Å². The molecule has 1 unspecified atom stereocenters. The lowest BCUT2D eigenvalue weighted by Gasteiger charge is -2.23. The Hall–Kier alpha value is -1.88. The smallest absolute Gasteiger partial charge is 0.240 e. The fourth-order valence-corrected chi connectivity index (χ4v) is 3.02. The number of hydrogen-bond donors (Lipinski definition) is 0. The zero-order valence-electron chi connectivity index (χ0n) is 14.4. The van der Waals surface area contributed by atoms with Crippen LogP contribution >= 0.6 is 0 Å². The van der Waals surface area contributed by atoms with Crippen molar-refractivity contribution in [3.05, 3.63) is 41.5 Å². The fraction of sp³-hybridized carbons (Fsp3) is 0.556. The van der Waals surface area contributed by atoms with E-state index in [1.807, 2.05) is 12.1 Å². The predicted octanol–water partition coefficient (Wildman–Crippen LogP) is 3.71. The lowest BCUT2D eigenvalue weighted by Crippen LogP contribution is -2.23. The van der Waals surface area contributed by atoms with Gasteiger partial charge in [-0.25, -0.2) is 0 Å².